The van der Waals surface area contributed by atoms with Gasteiger partial charge in [0.2, 0.25) is 0 Å². The van der Waals surface area contributed by atoms with E-state index in [1.807, 2.05) is 84.5 Å². The Morgan fingerprint density at radius 1 is 1.10 bits per heavy atom. The third kappa shape index (κ3) is 3.91. The maximum atomic E-state index is 13.0. The largest absolute Gasteiger partial charge is 0.290 e. The topological polar surface area (TPSA) is 38.1 Å². The van der Waals surface area contributed by atoms with Crippen molar-refractivity contribution in [3.8, 4) is 16.9 Å². The molecular formula is C23H21N3OS2. The van der Waals surface area contributed by atoms with Gasteiger partial charge in [0.25, 0.3) is 5.91 Å². The molecule has 0 saturated carbocycles. The van der Waals surface area contributed by atoms with Gasteiger partial charge < -0.3 is 0 Å². The smallest absolute Gasteiger partial charge is 0.266 e. The molecule has 0 bridgehead atoms. The summed E-state index contributed by atoms with van der Waals surface area (Å²) in [6.07, 6.45) is 4.74. The molecule has 1 amide bonds. The summed E-state index contributed by atoms with van der Waals surface area (Å²) in [6, 6.07) is 20.1. The number of carbonyl (C=O) groups is 1. The van der Waals surface area contributed by atoms with Gasteiger partial charge in [-0.1, -0.05) is 79.4 Å². The first-order valence-electron chi connectivity index (χ1n) is 9.56. The molecular weight excluding hydrogens is 398 g/mol. The lowest BCUT2D eigenvalue weighted by Gasteiger charge is -2.21. The highest BCUT2D eigenvalue weighted by Gasteiger charge is 2.35. The van der Waals surface area contributed by atoms with Gasteiger partial charge in [0.05, 0.1) is 16.3 Å². The third-order valence-corrected chi connectivity index (χ3v) is 6.28. The van der Waals surface area contributed by atoms with Crippen molar-refractivity contribution in [1.29, 1.82) is 0 Å². The average molecular weight is 420 g/mol. The monoisotopic (exact) mass is 419 g/mol. The zero-order valence-corrected chi connectivity index (χ0v) is 17.9. The van der Waals surface area contributed by atoms with Gasteiger partial charge in [-0.2, -0.15) is 5.10 Å². The van der Waals surface area contributed by atoms with Gasteiger partial charge in [0.15, 0.2) is 0 Å². The molecule has 0 spiro atoms. The molecule has 1 aliphatic rings. The fraction of sp³-hybridized carbons (Fsp3) is 0.174. The lowest BCUT2D eigenvalue weighted by atomic mass is 10.1. The number of carbonyl (C=O) groups excluding carboxylic acids is 1. The number of thiocarbonyl (C=S) groups is 1. The lowest BCUT2D eigenvalue weighted by Crippen LogP contribution is -2.36. The van der Waals surface area contributed by atoms with Gasteiger partial charge in [-0.3, -0.25) is 9.69 Å². The van der Waals surface area contributed by atoms with Crippen LogP contribution < -0.4 is 0 Å². The van der Waals surface area contributed by atoms with Crippen molar-refractivity contribution < 1.29 is 4.79 Å². The zero-order valence-electron chi connectivity index (χ0n) is 16.3. The molecule has 1 unspecified atom stereocenters. The first kappa shape index (κ1) is 19.6. The highest BCUT2D eigenvalue weighted by Crippen LogP contribution is 2.36. The molecule has 2 aromatic carbocycles. The molecule has 146 valence electrons. The molecule has 29 heavy (non-hydrogen) atoms. The van der Waals surface area contributed by atoms with E-state index in [9.17, 15) is 4.79 Å². The molecule has 0 radical (unpaired) electrons. The predicted molar refractivity (Wildman–Crippen MR) is 124 cm³/mol. The zero-order chi connectivity index (χ0) is 20.4. The van der Waals surface area contributed by atoms with Crippen LogP contribution in [0, 0.1) is 0 Å². The van der Waals surface area contributed by atoms with Crippen molar-refractivity contribution >= 4 is 40.3 Å². The number of rotatable bonds is 5. The van der Waals surface area contributed by atoms with Crippen LogP contribution in [0.4, 0.5) is 0 Å². The van der Waals surface area contributed by atoms with Gasteiger partial charge in [-0.05, 0) is 31.6 Å². The van der Waals surface area contributed by atoms with Crippen molar-refractivity contribution in [1.82, 2.24) is 14.7 Å². The highest BCUT2D eigenvalue weighted by atomic mass is 32.2. The van der Waals surface area contributed by atoms with Crippen LogP contribution in [-0.4, -0.2) is 30.9 Å². The summed E-state index contributed by atoms with van der Waals surface area (Å²) in [6.45, 7) is 4.08. The first-order valence-corrected chi connectivity index (χ1v) is 10.8. The number of para-hydroxylation sites is 1. The van der Waals surface area contributed by atoms with Crippen molar-refractivity contribution in [3.05, 3.63) is 77.3 Å². The Balaban J connectivity index is 1.79. The van der Waals surface area contributed by atoms with Crippen molar-refractivity contribution in [2.24, 2.45) is 0 Å². The van der Waals surface area contributed by atoms with Gasteiger partial charge >= 0.3 is 0 Å². The number of amides is 1. The fourth-order valence-electron chi connectivity index (χ4n) is 3.21. The summed E-state index contributed by atoms with van der Waals surface area (Å²) in [7, 11) is 0. The highest BCUT2D eigenvalue weighted by molar-refractivity contribution is 8.26. The summed E-state index contributed by atoms with van der Waals surface area (Å²) in [5.74, 6) is -0.0270. The Bertz CT molecular complexity index is 1070. The van der Waals surface area contributed by atoms with Crippen LogP contribution in [0.15, 0.2) is 71.8 Å². The molecule has 1 saturated heterocycles. The summed E-state index contributed by atoms with van der Waals surface area (Å²) in [5, 5.41) is 4.81. The van der Waals surface area contributed by atoms with Crippen LogP contribution in [0.1, 0.15) is 25.8 Å². The van der Waals surface area contributed by atoms with Crippen molar-refractivity contribution in [3.63, 3.8) is 0 Å². The lowest BCUT2D eigenvalue weighted by molar-refractivity contribution is -0.123. The Labute approximate surface area is 180 Å². The van der Waals surface area contributed by atoms with Crippen LogP contribution >= 0.6 is 24.0 Å². The van der Waals surface area contributed by atoms with Crippen LogP contribution in [-0.2, 0) is 4.79 Å². The Kier molecular flexibility index (Phi) is 5.65. The molecule has 3 aromatic rings. The maximum Gasteiger partial charge on any atom is 0.266 e. The maximum absolute atomic E-state index is 13.0. The van der Waals surface area contributed by atoms with E-state index in [-0.39, 0.29) is 11.9 Å². The molecule has 0 aliphatic carbocycles. The quantitative estimate of drug-likeness (QED) is 0.402. The molecule has 4 nitrogen and oxygen atoms in total. The SMILES string of the molecule is CCC(C)N1C(=O)/C(=C/c2cn(-c3ccccc3)nc2-c2ccccc2)SC1=S. The van der Waals surface area contributed by atoms with Gasteiger partial charge in [0, 0.05) is 23.4 Å². The number of thioether (sulfide) groups is 1. The summed E-state index contributed by atoms with van der Waals surface area (Å²) in [5.41, 5.74) is 3.70. The first-order chi connectivity index (χ1) is 14.1. The predicted octanol–water partition coefficient (Wildman–Crippen LogP) is 5.54. The molecule has 0 N–H and O–H groups in total. The third-order valence-electron chi connectivity index (χ3n) is 4.95. The van der Waals surface area contributed by atoms with E-state index in [2.05, 4.69) is 6.92 Å². The molecule has 6 heteroatoms. The number of aromatic nitrogens is 2. The number of hydrogen-bond donors (Lipinski definition) is 0. The van der Waals surface area contributed by atoms with Crippen molar-refractivity contribution in [2.45, 2.75) is 26.3 Å². The minimum Gasteiger partial charge on any atom is -0.290 e. The van der Waals surface area contributed by atoms with Crippen LogP contribution in [0.5, 0.6) is 0 Å². The second-order valence-electron chi connectivity index (χ2n) is 6.89. The van der Waals surface area contributed by atoms with E-state index in [1.165, 1.54) is 11.8 Å². The number of benzene rings is 2. The van der Waals surface area contributed by atoms with E-state index in [0.717, 1.165) is 28.9 Å². The minimum atomic E-state index is -0.0270. The van der Waals surface area contributed by atoms with Crippen LogP contribution in [0.25, 0.3) is 23.0 Å². The Hall–Kier alpha value is -2.70. The summed E-state index contributed by atoms with van der Waals surface area (Å²) < 4.78 is 2.47. The summed E-state index contributed by atoms with van der Waals surface area (Å²) in [4.78, 5) is 15.3. The average Bonchev–Trinajstić information content (AvgIpc) is 3.30. The van der Waals surface area contributed by atoms with Crippen LogP contribution in [0.3, 0.4) is 0 Å². The van der Waals surface area contributed by atoms with E-state index in [1.54, 1.807) is 4.90 Å². The molecule has 1 fully saturated rings. The van der Waals surface area contributed by atoms with E-state index >= 15 is 0 Å². The molecule has 1 aliphatic heterocycles. The Morgan fingerprint density at radius 2 is 1.76 bits per heavy atom. The Morgan fingerprint density at radius 3 is 2.41 bits per heavy atom. The van der Waals surface area contributed by atoms with Crippen LogP contribution in [0.2, 0.25) is 0 Å². The molecule has 4 rings (SSSR count). The van der Waals surface area contributed by atoms with Gasteiger partial charge in [-0.15, -0.1) is 0 Å². The number of nitrogens with zero attached hydrogens (tertiary/aromatic N) is 3. The van der Waals surface area contributed by atoms with E-state index in [0.29, 0.717) is 9.23 Å². The molecule has 1 aromatic heterocycles. The van der Waals surface area contributed by atoms with Crippen molar-refractivity contribution in [2.75, 3.05) is 0 Å². The van der Waals surface area contributed by atoms with Gasteiger partial charge in [-0.25, -0.2) is 4.68 Å². The fourth-order valence-corrected chi connectivity index (χ4v) is 4.66. The summed E-state index contributed by atoms with van der Waals surface area (Å²) >= 11 is 6.83. The van der Waals surface area contributed by atoms with E-state index in [4.69, 9.17) is 17.3 Å². The van der Waals surface area contributed by atoms with Gasteiger partial charge in [0.1, 0.15) is 4.32 Å². The molecule has 2 heterocycles. The molecule has 1 atom stereocenters. The second-order valence-corrected chi connectivity index (χ2v) is 8.56. The minimum absolute atomic E-state index is 0.0270. The number of hydrogen-bond acceptors (Lipinski definition) is 4. The standard InChI is InChI=1S/C23H21N3OS2/c1-3-16(2)26-22(27)20(29-23(26)28)14-18-15-25(19-12-8-5-9-13-19)24-21(18)17-10-6-4-7-11-17/h4-16H,3H2,1-2H3/b20-14-. The van der Waals surface area contributed by atoms with E-state index < -0.39 is 0 Å². The second kappa shape index (κ2) is 8.35. The normalized spacial score (nSPS) is 16.6.